The van der Waals surface area contributed by atoms with Crippen LogP contribution in [0.5, 0.6) is 0 Å². The summed E-state index contributed by atoms with van der Waals surface area (Å²) >= 11 is 0. The third kappa shape index (κ3) is 2.99. The van der Waals surface area contributed by atoms with E-state index in [9.17, 15) is 0 Å². The molecule has 0 saturated carbocycles. The lowest BCUT2D eigenvalue weighted by Crippen LogP contribution is -2.36. The van der Waals surface area contributed by atoms with Crippen molar-refractivity contribution in [3.05, 3.63) is 29.3 Å². The average Bonchev–Trinajstić information content (AvgIpc) is 2.83. The van der Waals surface area contributed by atoms with Crippen molar-refractivity contribution in [3.63, 3.8) is 0 Å². The molecule has 0 aromatic heterocycles. The van der Waals surface area contributed by atoms with Crippen molar-refractivity contribution in [3.8, 4) is 0 Å². The molecule has 1 aromatic carbocycles. The Labute approximate surface area is 123 Å². The van der Waals surface area contributed by atoms with Gasteiger partial charge in [-0.25, -0.2) is 0 Å². The molecule has 0 aliphatic carbocycles. The first-order valence-electron chi connectivity index (χ1n) is 7.96. The second-order valence-electron chi connectivity index (χ2n) is 6.41. The maximum Gasteiger partial charge on any atom is 0.0397 e. The topological polar surface area (TPSA) is 18.5 Å². The lowest BCUT2D eigenvalue weighted by atomic mass is 9.96. The fraction of sp³-hybridized carbons (Fsp3) is 0.647. The highest BCUT2D eigenvalue weighted by Gasteiger charge is 2.20. The van der Waals surface area contributed by atoms with E-state index in [0.717, 1.165) is 12.5 Å². The summed E-state index contributed by atoms with van der Waals surface area (Å²) in [5.74, 6) is 0.880. The molecule has 0 atom stereocenters. The Bertz CT molecular complexity index is 450. The molecule has 1 saturated heterocycles. The van der Waals surface area contributed by atoms with Crippen molar-refractivity contribution in [1.82, 2.24) is 10.2 Å². The lowest BCUT2D eigenvalue weighted by molar-refractivity contribution is 0.177. The molecule has 2 aliphatic rings. The first-order chi connectivity index (χ1) is 9.76. The minimum Gasteiger partial charge on any atom is -0.374 e. The zero-order valence-corrected chi connectivity index (χ0v) is 12.9. The molecule has 1 fully saturated rings. The minimum absolute atomic E-state index is 0.880. The van der Waals surface area contributed by atoms with Crippen molar-refractivity contribution in [2.45, 2.75) is 25.8 Å². The number of rotatable bonds is 4. The van der Waals surface area contributed by atoms with Crippen molar-refractivity contribution in [2.24, 2.45) is 5.92 Å². The summed E-state index contributed by atoms with van der Waals surface area (Å²) in [6.07, 6.45) is 3.90. The summed E-state index contributed by atoms with van der Waals surface area (Å²) in [6.45, 7) is 5.99. The van der Waals surface area contributed by atoms with Crippen LogP contribution < -0.4 is 10.2 Å². The fourth-order valence-electron chi connectivity index (χ4n) is 3.61. The minimum atomic E-state index is 0.880. The van der Waals surface area contributed by atoms with Crippen LogP contribution in [0.3, 0.4) is 0 Å². The van der Waals surface area contributed by atoms with Gasteiger partial charge in [0.2, 0.25) is 0 Å². The Kier molecular flexibility index (Phi) is 4.27. The third-order valence-corrected chi connectivity index (χ3v) is 4.88. The maximum atomic E-state index is 3.31. The second-order valence-corrected chi connectivity index (χ2v) is 6.41. The first kappa shape index (κ1) is 13.9. The van der Waals surface area contributed by atoms with E-state index < -0.39 is 0 Å². The van der Waals surface area contributed by atoms with E-state index in [0.29, 0.717) is 0 Å². The number of nitrogens with zero attached hydrogens (tertiary/aromatic N) is 2. The van der Waals surface area contributed by atoms with Gasteiger partial charge in [0.1, 0.15) is 0 Å². The molecule has 0 spiro atoms. The lowest BCUT2D eigenvalue weighted by Gasteiger charge is -2.32. The Morgan fingerprint density at radius 1 is 1.20 bits per heavy atom. The van der Waals surface area contributed by atoms with Crippen molar-refractivity contribution in [2.75, 3.05) is 45.2 Å². The van der Waals surface area contributed by atoms with Crippen LogP contribution in [-0.4, -0.2) is 45.2 Å². The molecule has 1 aromatic rings. The van der Waals surface area contributed by atoms with Gasteiger partial charge < -0.3 is 10.2 Å². The highest BCUT2D eigenvalue weighted by Crippen LogP contribution is 2.28. The van der Waals surface area contributed by atoms with Gasteiger partial charge in [-0.15, -0.1) is 0 Å². The molecule has 0 amide bonds. The van der Waals surface area contributed by atoms with Gasteiger partial charge in [0.25, 0.3) is 0 Å². The van der Waals surface area contributed by atoms with Crippen LogP contribution in [0.4, 0.5) is 5.69 Å². The van der Waals surface area contributed by atoms with E-state index in [1.54, 1.807) is 0 Å². The number of likely N-dealkylation sites (N-methyl/N-ethyl adjacent to an activating group) is 1. The standard InChI is InChI=1S/C17H27N3/c1-18-12-14-5-9-20(10-6-14)13-15-3-4-17-16(11-15)7-8-19(17)2/h3-4,11,14,18H,5-10,12-13H2,1-2H3. The summed E-state index contributed by atoms with van der Waals surface area (Å²) in [5.41, 5.74) is 4.46. The number of likely N-dealkylation sites (tertiary alicyclic amines) is 1. The van der Waals surface area contributed by atoms with E-state index in [4.69, 9.17) is 0 Å². The zero-order valence-electron chi connectivity index (χ0n) is 12.9. The van der Waals surface area contributed by atoms with Crippen molar-refractivity contribution >= 4 is 5.69 Å². The van der Waals surface area contributed by atoms with Crippen LogP contribution in [-0.2, 0) is 13.0 Å². The quantitative estimate of drug-likeness (QED) is 0.906. The molecule has 2 aliphatic heterocycles. The normalized spacial score (nSPS) is 20.4. The smallest absolute Gasteiger partial charge is 0.0397 e. The molecule has 0 radical (unpaired) electrons. The highest BCUT2D eigenvalue weighted by molar-refractivity contribution is 5.58. The van der Waals surface area contributed by atoms with Crippen LogP contribution in [0, 0.1) is 5.92 Å². The number of fused-ring (bicyclic) bond motifs is 1. The molecular formula is C17H27N3. The Hall–Kier alpha value is -1.06. The van der Waals surface area contributed by atoms with Crippen LogP contribution >= 0.6 is 0 Å². The van der Waals surface area contributed by atoms with Crippen LogP contribution in [0.25, 0.3) is 0 Å². The van der Waals surface area contributed by atoms with Crippen LogP contribution in [0.15, 0.2) is 18.2 Å². The van der Waals surface area contributed by atoms with Crippen LogP contribution in [0.2, 0.25) is 0 Å². The largest absolute Gasteiger partial charge is 0.374 e. The van der Waals surface area contributed by atoms with Gasteiger partial charge in [-0.3, -0.25) is 4.90 Å². The summed E-state index contributed by atoms with van der Waals surface area (Å²) in [5, 5.41) is 3.31. The van der Waals surface area contributed by atoms with Crippen LogP contribution in [0.1, 0.15) is 24.0 Å². The summed E-state index contributed by atoms with van der Waals surface area (Å²) < 4.78 is 0. The van der Waals surface area contributed by atoms with E-state index in [1.165, 1.54) is 62.3 Å². The number of benzene rings is 1. The van der Waals surface area contributed by atoms with Gasteiger partial charge in [0, 0.05) is 25.8 Å². The molecule has 0 bridgehead atoms. The molecule has 20 heavy (non-hydrogen) atoms. The Balaban J connectivity index is 1.57. The predicted octanol–water partition coefficient (Wildman–Crippen LogP) is 2.11. The Morgan fingerprint density at radius 2 is 2.00 bits per heavy atom. The van der Waals surface area contributed by atoms with Gasteiger partial charge in [0.15, 0.2) is 0 Å². The SMILES string of the molecule is CNCC1CCN(Cc2ccc3c(c2)CCN3C)CC1. The van der Waals surface area contributed by atoms with Gasteiger partial charge in [-0.1, -0.05) is 12.1 Å². The number of piperidine rings is 1. The van der Waals surface area contributed by atoms with Gasteiger partial charge >= 0.3 is 0 Å². The molecule has 110 valence electrons. The Morgan fingerprint density at radius 3 is 2.75 bits per heavy atom. The highest BCUT2D eigenvalue weighted by atomic mass is 15.1. The van der Waals surface area contributed by atoms with E-state index in [2.05, 4.69) is 47.4 Å². The van der Waals surface area contributed by atoms with E-state index in [-0.39, 0.29) is 0 Å². The summed E-state index contributed by atoms with van der Waals surface area (Å²) in [6, 6.07) is 7.06. The summed E-state index contributed by atoms with van der Waals surface area (Å²) in [4.78, 5) is 4.98. The molecule has 1 N–H and O–H groups in total. The zero-order chi connectivity index (χ0) is 13.9. The molecular weight excluding hydrogens is 246 g/mol. The molecule has 2 heterocycles. The van der Waals surface area contributed by atoms with E-state index >= 15 is 0 Å². The monoisotopic (exact) mass is 273 g/mol. The first-order valence-corrected chi connectivity index (χ1v) is 7.96. The summed E-state index contributed by atoms with van der Waals surface area (Å²) in [7, 11) is 4.26. The maximum absolute atomic E-state index is 3.31. The number of nitrogens with one attached hydrogen (secondary N) is 1. The predicted molar refractivity (Wildman–Crippen MR) is 85.3 cm³/mol. The molecule has 0 unspecified atom stereocenters. The van der Waals surface area contributed by atoms with Gasteiger partial charge in [-0.2, -0.15) is 0 Å². The van der Waals surface area contributed by atoms with Gasteiger partial charge in [-0.05, 0) is 69.1 Å². The molecule has 3 nitrogen and oxygen atoms in total. The second kappa shape index (κ2) is 6.15. The molecule has 3 rings (SSSR count). The average molecular weight is 273 g/mol. The van der Waals surface area contributed by atoms with Crippen molar-refractivity contribution in [1.29, 1.82) is 0 Å². The number of hydrogen-bond donors (Lipinski definition) is 1. The van der Waals surface area contributed by atoms with E-state index in [1.807, 2.05) is 0 Å². The third-order valence-electron chi connectivity index (χ3n) is 4.88. The molecule has 3 heteroatoms. The fourth-order valence-corrected chi connectivity index (χ4v) is 3.61. The number of anilines is 1. The number of hydrogen-bond acceptors (Lipinski definition) is 3. The van der Waals surface area contributed by atoms with Crippen molar-refractivity contribution < 1.29 is 0 Å². The van der Waals surface area contributed by atoms with Gasteiger partial charge in [0.05, 0.1) is 0 Å².